The van der Waals surface area contributed by atoms with Crippen molar-refractivity contribution in [1.29, 1.82) is 0 Å². The van der Waals surface area contributed by atoms with Crippen LogP contribution in [0.3, 0.4) is 0 Å². The van der Waals surface area contributed by atoms with Gasteiger partial charge >= 0.3 is 0 Å². The third-order valence-electron chi connectivity index (χ3n) is 3.66. The molecule has 0 aromatic rings. The summed E-state index contributed by atoms with van der Waals surface area (Å²) < 4.78 is 1.30. The number of likely N-dealkylation sites (N-methyl/N-ethyl adjacent to an activating group) is 1. The Morgan fingerprint density at radius 1 is 1.13 bits per heavy atom. The van der Waals surface area contributed by atoms with E-state index in [1.807, 2.05) is 0 Å². The molecule has 0 aromatic carbocycles. The van der Waals surface area contributed by atoms with E-state index in [1.165, 1.54) is 62.6 Å². The highest BCUT2D eigenvalue weighted by Gasteiger charge is 2.24. The Bertz CT molecular complexity index is 199. The first-order valence-electron chi connectivity index (χ1n) is 6.71. The number of rotatable bonds is 5. The fourth-order valence-corrected chi connectivity index (χ4v) is 2.59. The molecule has 1 aliphatic rings. The average molecular weight is 210 g/mol. The third-order valence-corrected chi connectivity index (χ3v) is 3.66. The quantitative estimate of drug-likeness (QED) is 0.479. The van der Waals surface area contributed by atoms with Gasteiger partial charge in [-0.25, -0.2) is 0 Å². The molecular formula is C14H28N+. The van der Waals surface area contributed by atoms with Gasteiger partial charge in [0, 0.05) is 0 Å². The van der Waals surface area contributed by atoms with E-state index in [0.29, 0.717) is 0 Å². The molecule has 1 nitrogen and oxygen atoms in total. The van der Waals surface area contributed by atoms with E-state index >= 15 is 0 Å². The lowest BCUT2D eigenvalue weighted by molar-refractivity contribution is -0.909. The Labute approximate surface area is 95.8 Å². The van der Waals surface area contributed by atoms with Gasteiger partial charge in [0.25, 0.3) is 0 Å². The van der Waals surface area contributed by atoms with E-state index < -0.39 is 0 Å². The second kappa shape index (κ2) is 6.32. The molecule has 0 aliphatic carbocycles. The normalized spacial score (nSPS) is 21.7. The van der Waals surface area contributed by atoms with Crippen molar-refractivity contribution in [2.75, 3.05) is 26.7 Å². The van der Waals surface area contributed by atoms with E-state index in [-0.39, 0.29) is 0 Å². The highest BCUT2D eigenvalue weighted by atomic mass is 15.3. The average Bonchev–Trinajstić information content (AvgIpc) is 2.25. The lowest BCUT2D eigenvalue weighted by Gasteiger charge is -2.38. The van der Waals surface area contributed by atoms with Gasteiger partial charge in [-0.2, -0.15) is 0 Å². The topological polar surface area (TPSA) is 0 Å². The Kier molecular flexibility index (Phi) is 5.38. The maximum absolute atomic E-state index is 2.48. The number of likely N-dealkylation sites (tertiary alicyclic amines) is 1. The van der Waals surface area contributed by atoms with Gasteiger partial charge in [-0.3, -0.25) is 0 Å². The van der Waals surface area contributed by atoms with Crippen LogP contribution in [0.15, 0.2) is 11.6 Å². The summed E-state index contributed by atoms with van der Waals surface area (Å²) in [5, 5.41) is 0. The first kappa shape index (κ1) is 12.8. The van der Waals surface area contributed by atoms with Crippen LogP contribution in [0.25, 0.3) is 0 Å². The third kappa shape index (κ3) is 4.38. The molecule has 0 atom stereocenters. The molecular weight excluding hydrogens is 182 g/mol. The zero-order valence-corrected chi connectivity index (χ0v) is 10.9. The molecule has 1 rings (SSSR count). The van der Waals surface area contributed by atoms with Crippen LogP contribution in [0.4, 0.5) is 0 Å². The molecule has 0 saturated carbocycles. The Morgan fingerprint density at radius 3 is 2.33 bits per heavy atom. The minimum Gasteiger partial charge on any atom is -0.323 e. The molecule has 1 heteroatoms. The van der Waals surface area contributed by atoms with Crippen LogP contribution in [0, 0.1) is 0 Å². The second-order valence-corrected chi connectivity index (χ2v) is 5.29. The standard InChI is InChI=1S/C14H28N/c1-4-6-10-14(5-2)13-15(3)11-8-7-9-12-15/h10H,4-9,11-13H2,1-3H3/q+1/b14-10-. The molecule has 0 unspecified atom stereocenters. The summed E-state index contributed by atoms with van der Waals surface area (Å²) in [6.07, 6.45) is 10.6. The lowest BCUT2D eigenvalue weighted by Crippen LogP contribution is -2.48. The van der Waals surface area contributed by atoms with Crippen LogP contribution < -0.4 is 0 Å². The van der Waals surface area contributed by atoms with Crippen LogP contribution in [-0.2, 0) is 0 Å². The van der Waals surface area contributed by atoms with E-state index in [9.17, 15) is 0 Å². The van der Waals surface area contributed by atoms with Crippen molar-refractivity contribution in [3.05, 3.63) is 11.6 Å². The molecule has 88 valence electrons. The summed E-state index contributed by atoms with van der Waals surface area (Å²) in [6, 6.07) is 0. The summed E-state index contributed by atoms with van der Waals surface area (Å²) in [5.74, 6) is 0. The Morgan fingerprint density at radius 2 is 1.80 bits per heavy atom. The molecule has 1 aliphatic heterocycles. The Hall–Kier alpha value is -0.300. The van der Waals surface area contributed by atoms with Crippen LogP contribution >= 0.6 is 0 Å². The van der Waals surface area contributed by atoms with Crippen molar-refractivity contribution >= 4 is 0 Å². The number of quaternary nitrogens is 1. The minimum atomic E-state index is 1.24. The monoisotopic (exact) mass is 210 g/mol. The molecule has 1 fully saturated rings. The van der Waals surface area contributed by atoms with Gasteiger partial charge in [0.2, 0.25) is 0 Å². The van der Waals surface area contributed by atoms with Gasteiger partial charge in [-0.15, -0.1) is 0 Å². The van der Waals surface area contributed by atoms with Crippen molar-refractivity contribution in [2.24, 2.45) is 0 Å². The number of hydrogen-bond acceptors (Lipinski definition) is 0. The molecule has 0 aromatic heterocycles. The summed E-state index contributed by atoms with van der Waals surface area (Å²) in [6.45, 7) is 8.65. The molecule has 1 heterocycles. The fourth-order valence-electron chi connectivity index (χ4n) is 2.59. The van der Waals surface area contributed by atoms with Crippen molar-refractivity contribution in [2.45, 2.75) is 52.4 Å². The molecule has 1 saturated heterocycles. The van der Waals surface area contributed by atoms with Gasteiger partial charge < -0.3 is 4.48 Å². The van der Waals surface area contributed by atoms with E-state index in [1.54, 1.807) is 5.57 Å². The summed E-state index contributed by atoms with van der Waals surface area (Å²) in [7, 11) is 2.44. The molecule has 0 radical (unpaired) electrons. The summed E-state index contributed by atoms with van der Waals surface area (Å²) in [5.41, 5.74) is 1.68. The van der Waals surface area contributed by atoms with Crippen LogP contribution in [0.1, 0.15) is 52.4 Å². The molecule has 15 heavy (non-hydrogen) atoms. The lowest BCUT2D eigenvalue weighted by atomic mass is 10.0. The summed E-state index contributed by atoms with van der Waals surface area (Å²) >= 11 is 0. The van der Waals surface area contributed by atoms with E-state index in [4.69, 9.17) is 0 Å². The highest BCUT2D eigenvalue weighted by Crippen LogP contribution is 2.19. The second-order valence-electron chi connectivity index (χ2n) is 5.29. The molecule has 0 amide bonds. The molecule has 0 bridgehead atoms. The van der Waals surface area contributed by atoms with Crippen molar-refractivity contribution < 1.29 is 4.48 Å². The number of unbranched alkanes of at least 4 members (excludes halogenated alkanes) is 1. The first-order valence-corrected chi connectivity index (χ1v) is 6.71. The minimum absolute atomic E-state index is 1.24. The maximum atomic E-state index is 2.48. The van der Waals surface area contributed by atoms with Gasteiger partial charge in [-0.05, 0) is 37.7 Å². The zero-order chi connectivity index (χ0) is 11.1. The SMILES string of the molecule is CCC/C=C(/CC)C[N+]1(C)CCCCC1. The summed E-state index contributed by atoms with van der Waals surface area (Å²) in [4.78, 5) is 0. The van der Waals surface area contributed by atoms with Crippen LogP contribution in [0.2, 0.25) is 0 Å². The number of nitrogens with zero attached hydrogens (tertiary/aromatic N) is 1. The number of allylic oxidation sites excluding steroid dienone is 1. The van der Waals surface area contributed by atoms with Crippen molar-refractivity contribution in [3.8, 4) is 0 Å². The highest BCUT2D eigenvalue weighted by molar-refractivity contribution is 5.01. The molecule has 0 N–H and O–H groups in total. The van der Waals surface area contributed by atoms with Crippen LogP contribution in [-0.4, -0.2) is 31.2 Å². The van der Waals surface area contributed by atoms with E-state index in [0.717, 1.165) is 0 Å². The predicted molar refractivity (Wildman–Crippen MR) is 67.9 cm³/mol. The Balaban J connectivity index is 2.48. The first-order chi connectivity index (χ1) is 7.20. The van der Waals surface area contributed by atoms with Gasteiger partial charge in [0.1, 0.15) is 6.54 Å². The number of piperidine rings is 1. The van der Waals surface area contributed by atoms with E-state index in [2.05, 4.69) is 27.0 Å². The maximum Gasteiger partial charge on any atom is 0.100 e. The number of hydrogen-bond donors (Lipinski definition) is 0. The largest absolute Gasteiger partial charge is 0.323 e. The predicted octanol–water partition coefficient (Wildman–Crippen LogP) is 3.75. The van der Waals surface area contributed by atoms with Crippen molar-refractivity contribution in [1.82, 2.24) is 0 Å². The van der Waals surface area contributed by atoms with Gasteiger partial charge in [-0.1, -0.05) is 26.3 Å². The fraction of sp³-hybridized carbons (Fsp3) is 0.857. The van der Waals surface area contributed by atoms with Gasteiger partial charge in [0.15, 0.2) is 0 Å². The van der Waals surface area contributed by atoms with Crippen LogP contribution in [0.5, 0.6) is 0 Å². The smallest absolute Gasteiger partial charge is 0.100 e. The zero-order valence-electron chi connectivity index (χ0n) is 10.9. The van der Waals surface area contributed by atoms with Crippen molar-refractivity contribution in [3.63, 3.8) is 0 Å². The molecule has 0 spiro atoms. The van der Waals surface area contributed by atoms with Gasteiger partial charge in [0.05, 0.1) is 20.1 Å².